The van der Waals surface area contributed by atoms with Crippen LogP contribution in [0.4, 0.5) is 4.79 Å². The van der Waals surface area contributed by atoms with Crippen LogP contribution in [0.1, 0.15) is 49.5 Å². The summed E-state index contributed by atoms with van der Waals surface area (Å²) in [5, 5.41) is 4.49. The maximum atomic E-state index is 12.1. The first-order valence-corrected chi connectivity index (χ1v) is 17.5. The van der Waals surface area contributed by atoms with Crippen molar-refractivity contribution in [3.63, 3.8) is 0 Å². The first-order valence-electron chi connectivity index (χ1n) is 14.1. The summed E-state index contributed by atoms with van der Waals surface area (Å²) in [6, 6.07) is 14.3. The number of hydrogen-bond donors (Lipinski definition) is 0. The van der Waals surface area contributed by atoms with Gasteiger partial charge in [-0.05, 0) is 87.1 Å². The van der Waals surface area contributed by atoms with E-state index in [1.165, 1.54) is 7.11 Å². The van der Waals surface area contributed by atoms with Gasteiger partial charge in [0.25, 0.3) is 0 Å². The predicted octanol–water partition coefficient (Wildman–Crippen LogP) is 6.13. The van der Waals surface area contributed by atoms with Gasteiger partial charge in [-0.1, -0.05) is 18.2 Å². The number of nitrogens with zero attached hydrogens (tertiary/aromatic N) is 4. The van der Waals surface area contributed by atoms with E-state index >= 15 is 0 Å². The van der Waals surface area contributed by atoms with E-state index in [9.17, 15) is 4.79 Å². The Labute approximate surface area is 237 Å². The number of aromatic nitrogens is 3. The van der Waals surface area contributed by atoms with E-state index in [1.807, 2.05) is 22.9 Å². The van der Waals surface area contributed by atoms with Gasteiger partial charge in [-0.3, -0.25) is 4.98 Å². The number of piperidine rings is 1. The molecule has 1 unspecified atom stereocenters. The summed E-state index contributed by atoms with van der Waals surface area (Å²) in [7, 11) is -0.450. The van der Waals surface area contributed by atoms with Crippen molar-refractivity contribution >= 4 is 14.4 Å². The Morgan fingerprint density at radius 3 is 2.62 bits per heavy atom. The molecular weight excluding hydrogens is 524 g/mol. The molecule has 10 heteroatoms. The van der Waals surface area contributed by atoms with Gasteiger partial charge in [0.2, 0.25) is 0 Å². The van der Waals surface area contributed by atoms with Crippen molar-refractivity contribution in [1.29, 1.82) is 0 Å². The van der Waals surface area contributed by atoms with Crippen LogP contribution in [0.5, 0.6) is 5.75 Å². The molecule has 0 saturated carbocycles. The lowest BCUT2D eigenvalue weighted by Gasteiger charge is -2.45. The SMILES string of the molecule is COC(=O)N1CCC(O[Si](C)(C)C)(c2cccc(COc3ccc(-c4ccnn4C4CCCCO4)nc3)c2)CC1. The number of pyridine rings is 1. The Morgan fingerprint density at radius 1 is 1.12 bits per heavy atom. The first kappa shape index (κ1) is 28.3. The number of benzene rings is 1. The molecule has 1 aromatic carbocycles. The van der Waals surface area contributed by atoms with E-state index in [4.69, 9.17) is 18.6 Å². The first-order chi connectivity index (χ1) is 19.3. The highest BCUT2D eigenvalue weighted by Gasteiger charge is 2.41. The Kier molecular flexibility index (Phi) is 8.58. The average molecular weight is 565 g/mol. The molecule has 1 atom stereocenters. The maximum absolute atomic E-state index is 12.1. The lowest BCUT2D eigenvalue weighted by Crippen LogP contribution is -2.50. The summed E-state index contributed by atoms with van der Waals surface area (Å²) in [6.07, 6.45) is 7.89. The zero-order chi connectivity index (χ0) is 28.2. The van der Waals surface area contributed by atoms with Gasteiger partial charge in [0, 0.05) is 25.9 Å². The zero-order valence-corrected chi connectivity index (χ0v) is 25.0. The van der Waals surface area contributed by atoms with E-state index in [2.05, 4.69) is 54.0 Å². The molecule has 2 aliphatic heterocycles. The van der Waals surface area contributed by atoms with Gasteiger partial charge in [0.1, 0.15) is 12.4 Å². The highest BCUT2D eigenvalue weighted by atomic mass is 28.4. The van der Waals surface area contributed by atoms with Crippen LogP contribution in [-0.2, 0) is 26.1 Å². The van der Waals surface area contributed by atoms with E-state index in [1.54, 1.807) is 17.3 Å². The number of amides is 1. The van der Waals surface area contributed by atoms with Crippen molar-refractivity contribution in [3.8, 4) is 17.1 Å². The molecule has 2 saturated heterocycles. The van der Waals surface area contributed by atoms with Crippen molar-refractivity contribution in [1.82, 2.24) is 19.7 Å². The third-order valence-electron chi connectivity index (χ3n) is 7.46. The van der Waals surface area contributed by atoms with Gasteiger partial charge >= 0.3 is 6.09 Å². The number of likely N-dealkylation sites (tertiary alicyclic amines) is 1. The van der Waals surface area contributed by atoms with Gasteiger partial charge in [0.05, 0.1) is 30.3 Å². The second-order valence-corrected chi connectivity index (χ2v) is 15.9. The van der Waals surface area contributed by atoms with Crippen molar-refractivity contribution in [3.05, 3.63) is 66.0 Å². The molecule has 2 fully saturated rings. The Bertz CT molecular complexity index is 1280. The van der Waals surface area contributed by atoms with Gasteiger partial charge in [-0.25, -0.2) is 9.48 Å². The van der Waals surface area contributed by atoms with E-state index in [0.29, 0.717) is 25.4 Å². The molecule has 4 heterocycles. The molecule has 0 aliphatic carbocycles. The standard InChI is InChI=1S/C30H40N4O5Si/c1-36-29(35)33-17-14-30(15-18-33,39-40(2,3)4)24-9-7-8-23(20-24)22-38-25-11-12-26(31-21-25)27-13-16-32-34(27)28-10-5-6-19-37-28/h7-9,11-13,16,20-21,28H,5-6,10,14-15,17-19,22H2,1-4H3. The molecule has 2 aromatic heterocycles. The van der Waals surface area contributed by atoms with Gasteiger partial charge in [0.15, 0.2) is 14.5 Å². The van der Waals surface area contributed by atoms with E-state index < -0.39 is 13.9 Å². The van der Waals surface area contributed by atoms with E-state index in [-0.39, 0.29) is 12.3 Å². The Balaban J connectivity index is 1.27. The largest absolute Gasteiger partial charge is 0.487 e. The normalized spacial score (nSPS) is 19.3. The molecule has 0 bridgehead atoms. The lowest BCUT2D eigenvalue weighted by molar-refractivity contribution is -0.0384. The van der Waals surface area contributed by atoms with Crippen LogP contribution < -0.4 is 4.74 Å². The number of hydrogen-bond acceptors (Lipinski definition) is 7. The summed E-state index contributed by atoms with van der Waals surface area (Å²) < 4.78 is 25.8. The minimum absolute atomic E-state index is 0.0373. The third-order valence-corrected chi connectivity index (χ3v) is 8.46. The van der Waals surface area contributed by atoms with Crippen LogP contribution in [-0.4, -0.2) is 60.9 Å². The van der Waals surface area contributed by atoms with Crippen LogP contribution in [0.2, 0.25) is 19.6 Å². The summed E-state index contributed by atoms with van der Waals surface area (Å²) >= 11 is 0. The average Bonchev–Trinajstić information content (AvgIpc) is 3.46. The molecule has 9 nitrogen and oxygen atoms in total. The monoisotopic (exact) mass is 564 g/mol. The summed E-state index contributed by atoms with van der Waals surface area (Å²) in [6.45, 7) is 9.01. The van der Waals surface area contributed by atoms with Crippen molar-refractivity contribution in [2.45, 2.75) is 70.2 Å². The van der Waals surface area contributed by atoms with E-state index in [0.717, 1.165) is 61.2 Å². The lowest BCUT2D eigenvalue weighted by atomic mass is 9.84. The number of carbonyl (C=O) groups is 1. The summed E-state index contributed by atoms with van der Waals surface area (Å²) in [5.74, 6) is 0.702. The zero-order valence-electron chi connectivity index (χ0n) is 24.0. The highest BCUT2D eigenvalue weighted by Crippen LogP contribution is 2.40. The summed E-state index contributed by atoms with van der Waals surface area (Å²) in [4.78, 5) is 18.5. The van der Waals surface area contributed by atoms with Crippen LogP contribution >= 0.6 is 0 Å². The molecule has 1 amide bonds. The molecule has 2 aliphatic rings. The maximum Gasteiger partial charge on any atom is 0.409 e. The molecule has 40 heavy (non-hydrogen) atoms. The number of methoxy groups -OCH3 is 1. The van der Waals surface area contributed by atoms with Crippen LogP contribution in [0, 0.1) is 0 Å². The molecule has 0 spiro atoms. The fourth-order valence-electron chi connectivity index (χ4n) is 5.61. The van der Waals surface area contributed by atoms with Crippen molar-refractivity contribution in [2.75, 3.05) is 26.8 Å². The minimum atomic E-state index is -1.88. The Morgan fingerprint density at radius 2 is 1.95 bits per heavy atom. The summed E-state index contributed by atoms with van der Waals surface area (Å²) in [5.41, 5.74) is 3.54. The van der Waals surface area contributed by atoms with Crippen LogP contribution in [0.15, 0.2) is 54.9 Å². The number of rotatable bonds is 8. The van der Waals surface area contributed by atoms with Gasteiger partial charge in [-0.2, -0.15) is 5.10 Å². The smallest absolute Gasteiger partial charge is 0.409 e. The highest BCUT2D eigenvalue weighted by molar-refractivity contribution is 6.69. The minimum Gasteiger partial charge on any atom is -0.487 e. The second-order valence-electron chi connectivity index (χ2n) is 11.5. The number of ether oxygens (including phenoxy) is 3. The number of carbonyl (C=O) groups excluding carboxylic acids is 1. The molecule has 3 aromatic rings. The molecular formula is C30H40N4O5Si. The molecule has 214 valence electrons. The van der Waals surface area contributed by atoms with Crippen molar-refractivity contribution < 1.29 is 23.4 Å². The van der Waals surface area contributed by atoms with Crippen molar-refractivity contribution in [2.24, 2.45) is 0 Å². The van der Waals surface area contributed by atoms with Crippen LogP contribution in [0.3, 0.4) is 0 Å². The molecule has 0 radical (unpaired) electrons. The predicted molar refractivity (Wildman–Crippen MR) is 154 cm³/mol. The quantitative estimate of drug-likeness (QED) is 0.304. The Hall–Kier alpha value is -3.21. The third kappa shape index (κ3) is 6.56. The molecule has 0 N–H and O–H groups in total. The van der Waals surface area contributed by atoms with Gasteiger partial charge < -0.3 is 23.5 Å². The van der Waals surface area contributed by atoms with Crippen LogP contribution in [0.25, 0.3) is 11.4 Å². The fraction of sp³-hybridized carbons (Fsp3) is 0.500. The molecule has 5 rings (SSSR count). The topological polar surface area (TPSA) is 87.9 Å². The van der Waals surface area contributed by atoms with Gasteiger partial charge in [-0.15, -0.1) is 0 Å². The fourth-order valence-corrected chi connectivity index (χ4v) is 7.10. The second kappa shape index (κ2) is 12.1.